The zero-order valence-corrected chi connectivity index (χ0v) is 29.7. The van der Waals surface area contributed by atoms with Crippen molar-refractivity contribution in [2.45, 2.75) is 103 Å². The van der Waals surface area contributed by atoms with Gasteiger partial charge in [0.15, 0.2) is 0 Å². The average molecular weight is 670 g/mol. The van der Waals surface area contributed by atoms with Gasteiger partial charge in [0.1, 0.15) is 23.6 Å². The van der Waals surface area contributed by atoms with E-state index in [1.165, 1.54) is 11.0 Å². The van der Waals surface area contributed by atoms with Crippen molar-refractivity contribution >= 4 is 12.0 Å². The van der Waals surface area contributed by atoms with E-state index in [2.05, 4.69) is 13.0 Å². The van der Waals surface area contributed by atoms with Gasteiger partial charge in [0, 0.05) is 65.3 Å². The normalized spacial score (nSPS) is 19.6. The summed E-state index contributed by atoms with van der Waals surface area (Å²) < 4.78 is 23.7. The molecule has 266 valence electrons. The number of aromatic nitrogens is 1. The van der Waals surface area contributed by atoms with E-state index in [9.17, 15) is 19.5 Å². The molecule has 2 fully saturated rings. The topological polar surface area (TPSA) is 120 Å². The van der Waals surface area contributed by atoms with E-state index < -0.39 is 23.2 Å². The number of hydrogen-bond acceptors (Lipinski definition) is 8. The molecular formula is C37H55N3O8. The second-order valence-corrected chi connectivity index (χ2v) is 14.1. The van der Waals surface area contributed by atoms with Crippen LogP contribution in [0.15, 0.2) is 41.3 Å². The van der Waals surface area contributed by atoms with Crippen LogP contribution in [0.5, 0.6) is 5.75 Å². The minimum atomic E-state index is -1.65. The van der Waals surface area contributed by atoms with Crippen molar-refractivity contribution < 1.29 is 33.6 Å². The van der Waals surface area contributed by atoms with Gasteiger partial charge in [-0.25, -0.2) is 4.79 Å². The number of rotatable bonds is 16. The number of hydrogen-bond donors (Lipinski definition) is 1. The molecule has 2 amide bonds. The van der Waals surface area contributed by atoms with Gasteiger partial charge in [0.25, 0.3) is 5.56 Å². The van der Waals surface area contributed by atoms with E-state index in [-0.39, 0.29) is 37.0 Å². The zero-order chi connectivity index (χ0) is 34.9. The van der Waals surface area contributed by atoms with Gasteiger partial charge in [0.05, 0.1) is 12.5 Å². The molecular weight excluding hydrogens is 614 g/mol. The molecule has 1 aromatic heterocycles. The lowest BCUT2D eigenvalue weighted by Crippen LogP contribution is -2.58. The Morgan fingerprint density at radius 3 is 2.40 bits per heavy atom. The number of methoxy groups -OCH3 is 2. The van der Waals surface area contributed by atoms with Crippen LogP contribution in [0.25, 0.3) is 0 Å². The molecule has 1 saturated heterocycles. The number of carbonyl (C=O) groups is 2. The third kappa shape index (κ3) is 10.1. The first-order valence-electron chi connectivity index (χ1n) is 17.3. The van der Waals surface area contributed by atoms with Crippen LogP contribution >= 0.6 is 0 Å². The van der Waals surface area contributed by atoms with Crippen LogP contribution in [0.1, 0.15) is 82.9 Å². The number of unbranched alkanes of at least 4 members (excludes halogenated alkanes) is 1. The fourth-order valence-electron chi connectivity index (χ4n) is 6.23. The predicted molar refractivity (Wildman–Crippen MR) is 183 cm³/mol. The van der Waals surface area contributed by atoms with Crippen LogP contribution in [-0.2, 0) is 44.1 Å². The number of piperidine rings is 1. The summed E-state index contributed by atoms with van der Waals surface area (Å²) in [7, 11) is 3.31. The van der Waals surface area contributed by atoms with Crippen molar-refractivity contribution in [3.8, 4) is 5.75 Å². The smallest absolute Gasteiger partial charge is 0.410 e. The van der Waals surface area contributed by atoms with Crippen LogP contribution in [0.4, 0.5) is 4.79 Å². The maximum absolute atomic E-state index is 14.8. The second-order valence-electron chi connectivity index (χ2n) is 14.1. The Bertz CT molecular complexity index is 1400. The maximum Gasteiger partial charge on any atom is 0.410 e. The predicted octanol–water partition coefficient (Wildman–Crippen LogP) is 4.89. The Kier molecular flexibility index (Phi) is 13.1. The molecule has 48 heavy (non-hydrogen) atoms. The first-order valence-corrected chi connectivity index (χ1v) is 17.3. The lowest BCUT2D eigenvalue weighted by molar-refractivity contribution is -0.155. The van der Waals surface area contributed by atoms with Gasteiger partial charge in [-0.15, -0.1) is 0 Å². The monoisotopic (exact) mass is 669 g/mol. The molecule has 1 saturated carbocycles. The fraction of sp³-hybridized carbons (Fsp3) is 0.649. The van der Waals surface area contributed by atoms with Crippen LogP contribution in [0.3, 0.4) is 0 Å². The van der Waals surface area contributed by atoms with Crippen LogP contribution in [0.2, 0.25) is 0 Å². The number of carbonyl (C=O) groups excluding carboxylic acids is 2. The second kappa shape index (κ2) is 16.8. The van der Waals surface area contributed by atoms with E-state index in [4.69, 9.17) is 18.9 Å². The van der Waals surface area contributed by atoms with Gasteiger partial charge in [-0.05, 0) is 94.2 Å². The summed E-state index contributed by atoms with van der Waals surface area (Å²) in [5, 5.41) is 12.4. The van der Waals surface area contributed by atoms with E-state index in [1.54, 1.807) is 51.8 Å². The maximum atomic E-state index is 14.8. The largest absolute Gasteiger partial charge is 0.491 e. The highest BCUT2D eigenvalue weighted by Gasteiger charge is 2.51. The Morgan fingerprint density at radius 1 is 1.02 bits per heavy atom. The fourth-order valence-corrected chi connectivity index (χ4v) is 6.23. The summed E-state index contributed by atoms with van der Waals surface area (Å²) in [4.78, 5) is 44.5. The Hall–Kier alpha value is -3.41. The molecule has 11 heteroatoms. The number of ether oxygens (including phenoxy) is 4. The van der Waals surface area contributed by atoms with E-state index in [0.717, 1.165) is 49.7 Å². The molecule has 2 aromatic rings. The van der Waals surface area contributed by atoms with Gasteiger partial charge in [-0.1, -0.05) is 19.4 Å². The molecule has 11 nitrogen and oxygen atoms in total. The minimum Gasteiger partial charge on any atom is -0.491 e. The number of benzene rings is 1. The van der Waals surface area contributed by atoms with Gasteiger partial charge in [-0.3, -0.25) is 9.59 Å². The molecule has 1 aromatic carbocycles. The standard InChI is InChI=1S/C37H55N3O8/c1-7-8-15-38-16-13-29(24-33(38)41)37(44)14-17-39(35(43)48-36(2,3)4)26-32(37)34(42)40(30-11-12-30)25-28-21-27(10-9-18-45-5)22-31(23-28)47-20-19-46-6/h13,16,21-24,30,32,44H,7-12,14-15,17-20,25-26H2,1-6H3/t32-,37+/m1/s1. The summed E-state index contributed by atoms with van der Waals surface area (Å²) in [6.45, 7) is 10.00. The van der Waals surface area contributed by atoms with Crippen LogP contribution < -0.4 is 10.3 Å². The van der Waals surface area contributed by atoms with Crippen molar-refractivity contribution in [3.05, 3.63) is 63.6 Å². The highest BCUT2D eigenvalue weighted by atomic mass is 16.6. The number of likely N-dealkylation sites (tertiary alicyclic amines) is 1. The van der Waals surface area contributed by atoms with Gasteiger partial charge < -0.3 is 38.4 Å². The Labute approximate surface area is 285 Å². The van der Waals surface area contributed by atoms with Crippen molar-refractivity contribution in [1.82, 2.24) is 14.4 Å². The number of pyridine rings is 1. The first-order chi connectivity index (χ1) is 22.9. The number of nitrogens with zero attached hydrogens (tertiary/aromatic N) is 3. The van der Waals surface area contributed by atoms with Crippen molar-refractivity contribution in [3.63, 3.8) is 0 Å². The van der Waals surface area contributed by atoms with Crippen LogP contribution in [0, 0.1) is 5.92 Å². The molecule has 0 radical (unpaired) electrons. The minimum absolute atomic E-state index is 0.00991. The van der Waals surface area contributed by atoms with Crippen molar-refractivity contribution in [2.75, 3.05) is 47.1 Å². The van der Waals surface area contributed by atoms with Gasteiger partial charge in [0.2, 0.25) is 5.91 Å². The van der Waals surface area contributed by atoms with E-state index >= 15 is 0 Å². The average Bonchev–Trinajstić information content (AvgIpc) is 3.88. The Balaban J connectivity index is 1.68. The molecule has 1 N–H and O–H groups in total. The highest BCUT2D eigenvalue weighted by Crippen LogP contribution is 2.41. The lowest BCUT2D eigenvalue weighted by atomic mass is 9.75. The molecule has 0 unspecified atom stereocenters. The quantitative estimate of drug-likeness (QED) is 0.251. The number of aliphatic hydroxyl groups is 1. The highest BCUT2D eigenvalue weighted by molar-refractivity contribution is 5.82. The Morgan fingerprint density at radius 2 is 1.75 bits per heavy atom. The van der Waals surface area contributed by atoms with E-state index in [0.29, 0.717) is 44.2 Å². The third-order valence-electron chi connectivity index (χ3n) is 8.96. The van der Waals surface area contributed by atoms with Gasteiger partial charge in [-0.2, -0.15) is 0 Å². The van der Waals surface area contributed by atoms with Crippen molar-refractivity contribution in [1.29, 1.82) is 0 Å². The van der Waals surface area contributed by atoms with E-state index in [1.807, 2.05) is 17.0 Å². The molecule has 4 rings (SSSR count). The summed E-state index contributed by atoms with van der Waals surface area (Å²) in [5.74, 6) is -0.559. The molecule has 0 spiro atoms. The lowest BCUT2D eigenvalue weighted by Gasteiger charge is -2.45. The van der Waals surface area contributed by atoms with Crippen LogP contribution in [-0.4, -0.2) is 90.2 Å². The SMILES string of the molecule is CCCCn1ccc([C@@]2(O)CCN(C(=O)OC(C)(C)C)C[C@@H]2C(=O)N(Cc2cc(CCCOC)cc(OCCOC)c2)C2CC2)cc1=O. The molecule has 2 aliphatic rings. The molecule has 1 aliphatic carbocycles. The summed E-state index contributed by atoms with van der Waals surface area (Å²) >= 11 is 0. The molecule has 2 heterocycles. The molecule has 2 atom stereocenters. The summed E-state index contributed by atoms with van der Waals surface area (Å²) in [6, 6.07) is 9.27. The zero-order valence-electron chi connectivity index (χ0n) is 29.7. The number of amides is 2. The third-order valence-corrected chi connectivity index (χ3v) is 8.96. The van der Waals surface area contributed by atoms with Crippen molar-refractivity contribution in [2.24, 2.45) is 5.92 Å². The number of aryl methyl sites for hydroxylation is 2. The molecule has 0 bridgehead atoms. The summed E-state index contributed by atoms with van der Waals surface area (Å²) in [6.07, 6.45) is 6.40. The molecule has 1 aliphatic heterocycles. The summed E-state index contributed by atoms with van der Waals surface area (Å²) in [5.41, 5.74) is -0.200. The van der Waals surface area contributed by atoms with Gasteiger partial charge >= 0.3 is 6.09 Å². The first kappa shape index (κ1) is 37.4.